The maximum atomic E-state index is 13.2. The summed E-state index contributed by atoms with van der Waals surface area (Å²) in [6, 6.07) is 20.0. The molecule has 2 saturated heterocycles. The maximum Gasteiger partial charge on any atom is 0.298 e. The van der Waals surface area contributed by atoms with Gasteiger partial charge < -0.3 is 9.80 Å². The quantitative estimate of drug-likeness (QED) is 0.647. The molecule has 3 fully saturated rings. The average Bonchev–Trinajstić information content (AvgIpc) is 3.61. The van der Waals surface area contributed by atoms with Crippen LogP contribution in [-0.2, 0) is 9.59 Å². The van der Waals surface area contributed by atoms with Gasteiger partial charge in [-0.05, 0) is 42.4 Å². The second-order valence-corrected chi connectivity index (χ2v) is 9.97. The van der Waals surface area contributed by atoms with Crippen LogP contribution in [0.25, 0.3) is 6.08 Å². The van der Waals surface area contributed by atoms with Gasteiger partial charge >= 0.3 is 0 Å². The lowest BCUT2D eigenvalue weighted by atomic mass is 9.90. The van der Waals surface area contributed by atoms with Crippen LogP contribution < -0.4 is 0 Å². The van der Waals surface area contributed by atoms with Crippen molar-refractivity contribution in [3.8, 4) is 11.8 Å². The van der Waals surface area contributed by atoms with E-state index in [9.17, 15) is 9.59 Å². The van der Waals surface area contributed by atoms with E-state index in [4.69, 9.17) is 0 Å². The Morgan fingerprint density at radius 1 is 0.857 bits per heavy atom. The first-order chi connectivity index (χ1) is 17.1. The van der Waals surface area contributed by atoms with Crippen molar-refractivity contribution in [3.05, 3.63) is 77.9 Å². The van der Waals surface area contributed by atoms with E-state index in [-0.39, 0.29) is 17.2 Å². The van der Waals surface area contributed by atoms with Crippen molar-refractivity contribution in [1.29, 1.82) is 0 Å². The van der Waals surface area contributed by atoms with Gasteiger partial charge in [-0.25, -0.2) is 0 Å². The molecular weight excluding hydrogens is 434 g/mol. The second kappa shape index (κ2) is 10.5. The Bertz CT molecular complexity index is 1120. The number of piperazine rings is 1. The van der Waals surface area contributed by atoms with Crippen LogP contribution >= 0.6 is 0 Å². The first kappa shape index (κ1) is 23.4. The predicted molar refractivity (Wildman–Crippen MR) is 138 cm³/mol. The molecule has 2 heterocycles. The van der Waals surface area contributed by atoms with Crippen molar-refractivity contribution in [2.45, 2.75) is 19.3 Å². The zero-order valence-corrected chi connectivity index (χ0v) is 20.2. The summed E-state index contributed by atoms with van der Waals surface area (Å²) in [5.41, 5.74) is 2.18. The van der Waals surface area contributed by atoms with Gasteiger partial charge in [0.25, 0.3) is 5.91 Å². The van der Waals surface area contributed by atoms with Crippen LogP contribution in [0.1, 0.15) is 30.4 Å². The molecule has 1 saturated carbocycles. The number of piperidine rings is 1. The summed E-state index contributed by atoms with van der Waals surface area (Å²) in [4.78, 5) is 32.1. The lowest BCUT2D eigenvalue weighted by Crippen LogP contribution is -2.49. The topological polar surface area (TPSA) is 43.9 Å². The van der Waals surface area contributed by atoms with E-state index in [0.29, 0.717) is 19.0 Å². The predicted octanol–water partition coefficient (Wildman–Crippen LogP) is 3.52. The third kappa shape index (κ3) is 5.66. The third-order valence-corrected chi connectivity index (χ3v) is 7.78. The van der Waals surface area contributed by atoms with Gasteiger partial charge in [0.2, 0.25) is 5.91 Å². The van der Waals surface area contributed by atoms with Crippen LogP contribution in [0.3, 0.4) is 0 Å². The molecule has 1 aliphatic carbocycles. The number of carbonyl (C=O) groups excluding carboxylic acids is 2. The van der Waals surface area contributed by atoms with Crippen molar-refractivity contribution in [1.82, 2.24) is 14.7 Å². The van der Waals surface area contributed by atoms with Gasteiger partial charge in [0.1, 0.15) is 0 Å². The summed E-state index contributed by atoms with van der Waals surface area (Å²) in [5.74, 6) is 6.10. The number of benzene rings is 2. The lowest BCUT2D eigenvalue weighted by molar-refractivity contribution is -0.135. The standard InChI is InChI=1S/C30H33N3O2/c34-28(14-13-26-10-5-2-6-11-26)32-18-15-30(16-19-32)24-27(30)29(35)33-22-20-31(21-23-33)17-7-12-25-8-3-1-4-9-25/h1-12,27H,15-24H2/b12-7+/t27-/m1/s1. The highest BCUT2D eigenvalue weighted by Gasteiger charge is 2.59. The highest BCUT2D eigenvalue weighted by atomic mass is 16.2. The molecule has 0 bridgehead atoms. The molecule has 5 nitrogen and oxygen atoms in total. The molecule has 2 aliphatic heterocycles. The van der Waals surface area contributed by atoms with Crippen molar-refractivity contribution in [3.63, 3.8) is 0 Å². The van der Waals surface area contributed by atoms with Gasteiger partial charge in [0.05, 0.1) is 0 Å². The van der Waals surface area contributed by atoms with Crippen molar-refractivity contribution in [2.24, 2.45) is 11.3 Å². The molecule has 5 rings (SSSR count). The van der Waals surface area contributed by atoms with Crippen LogP contribution in [0.5, 0.6) is 0 Å². The van der Waals surface area contributed by atoms with E-state index in [1.165, 1.54) is 5.56 Å². The third-order valence-electron chi connectivity index (χ3n) is 7.78. The van der Waals surface area contributed by atoms with E-state index in [1.54, 1.807) is 0 Å². The molecule has 35 heavy (non-hydrogen) atoms. The Balaban J connectivity index is 1.05. The van der Waals surface area contributed by atoms with Gasteiger partial charge in [0, 0.05) is 63.2 Å². The fourth-order valence-electron chi connectivity index (χ4n) is 5.40. The number of likely N-dealkylation sites (tertiary alicyclic amines) is 1. The molecule has 0 unspecified atom stereocenters. The summed E-state index contributed by atoms with van der Waals surface area (Å²) in [6.45, 7) is 5.79. The largest absolute Gasteiger partial charge is 0.340 e. The Morgan fingerprint density at radius 3 is 2.20 bits per heavy atom. The van der Waals surface area contributed by atoms with E-state index in [2.05, 4.69) is 58.1 Å². The first-order valence-corrected chi connectivity index (χ1v) is 12.7. The highest BCUT2D eigenvalue weighted by molar-refractivity contribution is 5.94. The molecule has 180 valence electrons. The number of rotatable bonds is 4. The number of hydrogen-bond donors (Lipinski definition) is 0. The van der Waals surface area contributed by atoms with Gasteiger partial charge in [-0.2, -0.15) is 0 Å². The molecule has 1 spiro atoms. The normalized spacial score (nSPS) is 21.5. The van der Waals surface area contributed by atoms with Crippen molar-refractivity contribution in [2.75, 3.05) is 45.8 Å². The van der Waals surface area contributed by atoms with E-state index < -0.39 is 0 Å². The molecule has 2 aromatic rings. The Kier molecular flexibility index (Phi) is 7.01. The monoisotopic (exact) mass is 467 g/mol. The van der Waals surface area contributed by atoms with Gasteiger partial charge in [0.15, 0.2) is 0 Å². The number of hydrogen-bond acceptors (Lipinski definition) is 3. The minimum absolute atomic E-state index is 0.107. The Labute approximate surface area is 208 Å². The van der Waals surface area contributed by atoms with Crippen LogP contribution in [0.4, 0.5) is 0 Å². The molecule has 3 aliphatic rings. The average molecular weight is 468 g/mol. The van der Waals surface area contributed by atoms with Gasteiger partial charge in [-0.1, -0.05) is 66.6 Å². The van der Waals surface area contributed by atoms with E-state index >= 15 is 0 Å². The molecule has 2 amide bonds. The van der Waals surface area contributed by atoms with E-state index in [1.807, 2.05) is 41.3 Å². The summed E-state index contributed by atoms with van der Waals surface area (Å²) >= 11 is 0. The minimum atomic E-state index is -0.107. The van der Waals surface area contributed by atoms with Gasteiger partial charge in [-0.3, -0.25) is 14.5 Å². The zero-order valence-electron chi connectivity index (χ0n) is 20.2. The first-order valence-electron chi connectivity index (χ1n) is 12.7. The summed E-state index contributed by atoms with van der Waals surface area (Å²) in [5, 5.41) is 0. The fraction of sp³-hybridized carbons (Fsp3) is 0.400. The van der Waals surface area contributed by atoms with Crippen molar-refractivity contribution >= 4 is 17.9 Å². The zero-order chi connectivity index (χ0) is 24.1. The fourth-order valence-corrected chi connectivity index (χ4v) is 5.40. The summed E-state index contributed by atoms with van der Waals surface area (Å²) < 4.78 is 0. The lowest BCUT2D eigenvalue weighted by Gasteiger charge is -2.36. The van der Waals surface area contributed by atoms with Crippen LogP contribution in [0, 0.1) is 23.2 Å². The molecule has 0 aromatic heterocycles. The molecule has 2 aromatic carbocycles. The minimum Gasteiger partial charge on any atom is -0.340 e. The molecule has 5 heteroatoms. The summed E-state index contributed by atoms with van der Waals surface area (Å²) in [6.07, 6.45) is 7.17. The summed E-state index contributed by atoms with van der Waals surface area (Å²) in [7, 11) is 0. The molecular formula is C30H33N3O2. The molecule has 0 N–H and O–H groups in total. The maximum absolute atomic E-state index is 13.2. The Morgan fingerprint density at radius 2 is 1.51 bits per heavy atom. The number of amides is 2. The van der Waals surface area contributed by atoms with Crippen LogP contribution in [0.15, 0.2) is 66.7 Å². The Hall–Kier alpha value is -3.36. The van der Waals surface area contributed by atoms with E-state index in [0.717, 1.165) is 57.5 Å². The van der Waals surface area contributed by atoms with Crippen LogP contribution in [-0.4, -0.2) is 72.3 Å². The highest BCUT2D eigenvalue weighted by Crippen LogP contribution is 2.60. The SMILES string of the molecule is O=C(C#Cc1ccccc1)N1CCC2(CC1)C[C@@H]2C(=O)N1CCN(C/C=C/c2ccccc2)CC1. The molecule has 1 atom stereocenters. The molecule has 0 radical (unpaired) electrons. The van der Waals surface area contributed by atoms with Crippen molar-refractivity contribution < 1.29 is 9.59 Å². The van der Waals surface area contributed by atoms with Crippen LogP contribution in [0.2, 0.25) is 0 Å². The second-order valence-electron chi connectivity index (χ2n) is 9.97. The number of nitrogens with zero attached hydrogens (tertiary/aromatic N) is 3. The smallest absolute Gasteiger partial charge is 0.298 e. The number of carbonyl (C=O) groups is 2. The van der Waals surface area contributed by atoms with Gasteiger partial charge in [-0.15, -0.1) is 0 Å².